The molecule has 1 aliphatic rings. The molecule has 1 aliphatic heterocycles. The smallest absolute Gasteiger partial charge is 0.274 e. The summed E-state index contributed by atoms with van der Waals surface area (Å²) < 4.78 is 7.22. The highest BCUT2D eigenvalue weighted by atomic mass is 16.5. The largest absolute Gasteiger partial charge is 0.336 e. The lowest BCUT2D eigenvalue weighted by Crippen LogP contribution is -2.47. The van der Waals surface area contributed by atoms with Crippen molar-refractivity contribution in [3.63, 3.8) is 0 Å². The van der Waals surface area contributed by atoms with E-state index in [0.717, 1.165) is 24.9 Å². The minimum atomic E-state index is -0.351. The average molecular weight is 366 g/mol. The third kappa shape index (κ3) is 3.34. The van der Waals surface area contributed by atoms with Crippen LogP contribution in [0.15, 0.2) is 41.3 Å². The minimum Gasteiger partial charge on any atom is -0.336 e. The summed E-state index contributed by atoms with van der Waals surface area (Å²) in [7, 11) is 0. The van der Waals surface area contributed by atoms with Crippen LogP contribution in [0.2, 0.25) is 0 Å². The van der Waals surface area contributed by atoms with E-state index in [1.807, 2.05) is 30.2 Å². The molecule has 0 aromatic carbocycles. The fraction of sp³-hybridized carbons (Fsp3) is 0.421. The van der Waals surface area contributed by atoms with Gasteiger partial charge in [-0.2, -0.15) is 10.1 Å². The molecule has 140 valence electrons. The molecule has 4 rings (SSSR count). The highest BCUT2D eigenvalue weighted by Gasteiger charge is 2.39. The molecule has 1 atom stereocenters. The zero-order valence-corrected chi connectivity index (χ0v) is 15.5. The van der Waals surface area contributed by atoms with E-state index in [2.05, 4.69) is 27.1 Å². The molecule has 3 aromatic heterocycles. The van der Waals surface area contributed by atoms with Crippen LogP contribution in [0.1, 0.15) is 43.0 Å². The Bertz CT molecular complexity index is 935. The number of aryl methyl sites for hydroxylation is 1. The van der Waals surface area contributed by atoms with Gasteiger partial charge in [0.15, 0.2) is 5.82 Å². The van der Waals surface area contributed by atoms with Gasteiger partial charge in [-0.25, -0.2) is 0 Å². The van der Waals surface area contributed by atoms with Gasteiger partial charge in [-0.1, -0.05) is 12.1 Å². The summed E-state index contributed by atoms with van der Waals surface area (Å²) in [4.78, 5) is 23.3. The van der Waals surface area contributed by atoms with Crippen LogP contribution in [0.5, 0.6) is 0 Å². The maximum absolute atomic E-state index is 12.9. The van der Waals surface area contributed by atoms with Crippen LogP contribution in [0, 0.1) is 0 Å². The van der Waals surface area contributed by atoms with Crippen LogP contribution >= 0.6 is 0 Å². The van der Waals surface area contributed by atoms with Crippen molar-refractivity contribution in [2.24, 2.45) is 0 Å². The molecular formula is C19H22N6O2. The fourth-order valence-corrected chi connectivity index (χ4v) is 3.49. The van der Waals surface area contributed by atoms with E-state index in [0.29, 0.717) is 30.5 Å². The van der Waals surface area contributed by atoms with Crippen LogP contribution in [0.3, 0.4) is 0 Å². The second-order valence-corrected chi connectivity index (χ2v) is 7.11. The summed E-state index contributed by atoms with van der Waals surface area (Å²) in [6.45, 7) is 6.07. The van der Waals surface area contributed by atoms with Gasteiger partial charge in [0.05, 0.1) is 0 Å². The first-order valence-electron chi connectivity index (χ1n) is 9.16. The predicted molar refractivity (Wildman–Crippen MR) is 97.9 cm³/mol. The summed E-state index contributed by atoms with van der Waals surface area (Å²) in [5, 5.41) is 8.55. The van der Waals surface area contributed by atoms with E-state index in [4.69, 9.17) is 4.52 Å². The van der Waals surface area contributed by atoms with E-state index in [1.54, 1.807) is 23.1 Å². The Morgan fingerprint density at radius 1 is 1.30 bits per heavy atom. The van der Waals surface area contributed by atoms with Crippen molar-refractivity contribution in [3.05, 3.63) is 48.3 Å². The normalized spacial score (nSPS) is 20.0. The molecule has 0 saturated carbocycles. The second-order valence-electron chi connectivity index (χ2n) is 7.11. The van der Waals surface area contributed by atoms with Crippen LogP contribution < -0.4 is 0 Å². The first-order chi connectivity index (χ1) is 13.1. The molecule has 0 N–H and O–H groups in total. The van der Waals surface area contributed by atoms with E-state index < -0.39 is 0 Å². The van der Waals surface area contributed by atoms with Crippen molar-refractivity contribution in [1.82, 2.24) is 29.8 Å². The third-order valence-corrected chi connectivity index (χ3v) is 5.06. The molecule has 3 aromatic rings. The van der Waals surface area contributed by atoms with Crippen LogP contribution in [-0.4, -0.2) is 48.8 Å². The van der Waals surface area contributed by atoms with Gasteiger partial charge < -0.3 is 9.42 Å². The second kappa shape index (κ2) is 6.94. The van der Waals surface area contributed by atoms with E-state index in [-0.39, 0.29) is 11.3 Å². The molecule has 0 radical (unpaired) electrons. The molecule has 0 bridgehead atoms. The number of pyridine rings is 1. The maximum atomic E-state index is 12.9. The molecule has 27 heavy (non-hydrogen) atoms. The van der Waals surface area contributed by atoms with Gasteiger partial charge in [0, 0.05) is 49.2 Å². The lowest BCUT2D eigenvalue weighted by molar-refractivity contribution is 0.0635. The molecule has 1 unspecified atom stereocenters. The topological polar surface area (TPSA) is 89.9 Å². The number of carbonyl (C=O) groups is 1. The molecule has 1 amide bonds. The van der Waals surface area contributed by atoms with Gasteiger partial charge in [-0.05, 0) is 38.0 Å². The highest BCUT2D eigenvalue weighted by Crippen LogP contribution is 2.33. The number of piperidine rings is 1. The summed E-state index contributed by atoms with van der Waals surface area (Å²) in [6.07, 6.45) is 7.00. The van der Waals surface area contributed by atoms with E-state index in [1.165, 1.54) is 0 Å². The number of hydrogen-bond donors (Lipinski definition) is 0. The summed E-state index contributed by atoms with van der Waals surface area (Å²) in [5.74, 6) is 1.05. The predicted octanol–water partition coefficient (Wildman–Crippen LogP) is 2.54. The van der Waals surface area contributed by atoms with Crippen molar-refractivity contribution < 1.29 is 9.32 Å². The Hall–Kier alpha value is -3.03. The average Bonchev–Trinajstić information content (AvgIpc) is 3.38. The first-order valence-corrected chi connectivity index (χ1v) is 9.16. The van der Waals surface area contributed by atoms with Gasteiger partial charge in [0.25, 0.3) is 11.8 Å². The Labute approximate surface area is 157 Å². The lowest BCUT2D eigenvalue weighted by Gasteiger charge is -2.38. The van der Waals surface area contributed by atoms with E-state index in [9.17, 15) is 4.79 Å². The van der Waals surface area contributed by atoms with Gasteiger partial charge in [0.2, 0.25) is 0 Å². The number of carbonyl (C=O) groups excluding carboxylic acids is 1. The number of nitrogens with zero attached hydrogens (tertiary/aromatic N) is 6. The Morgan fingerprint density at radius 2 is 2.11 bits per heavy atom. The lowest BCUT2D eigenvalue weighted by atomic mass is 9.81. The number of hydrogen-bond acceptors (Lipinski definition) is 6. The monoisotopic (exact) mass is 366 g/mol. The fourth-order valence-electron chi connectivity index (χ4n) is 3.49. The number of likely N-dealkylation sites (tertiary alicyclic amines) is 1. The number of rotatable bonds is 4. The Morgan fingerprint density at radius 3 is 2.85 bits per heavy atom. The third-order valence-electron chi connectivity index (χ3n) is 5.06. The van der Waals surface area contributed by atoms with Crippen LogP contribution in [-0.2, 0) is 12.0 Å². The molecule has 1 fully saturated rings. The summed E-state index contributed by atoms with van der Waals surface area (Å²) in [6, 6.07) is 5.44. The molecule has 0 spiro atoms. The Balaban J connectivity index is 1.54. The van der Waals surface area contributed by atoms with Gasteiger partial charge >= 0.3 is 0 Å². The minimum absolute atomic E-state index is 0.0500. The maximum Gasteiger partial charge on any atom is 0.274 e. The van der Waals surface area contributed by atoms with Gasteiger partial charge in [0.1, 0.15) is 5.69 Å². The number of aromatic nitrogens is 5. The van der Waals surface area contributed by atoms with E-state index >= 15 is 0 Å². The van der Waals surface area contributed by atoms with Crippen molar-refractivity contribution >= 4 is 5.91 Å². The molecular weight excluding hydrogens is 344 g/mol. The quantitative estimate of drug-likeness (QED) is 0.705. The molecule has 0 aliphatic carbocycles. The van der Waals surface area contributed by atoms with Crippen molar-refractivity contribution in [2.45, 2.75) is 38.6 Å². The number of amides is 1. The van der Waals surface area contributed by atoms with Crippen LogP contribution in [0.25, 0.3) is 11.5 Å². The standard InChI is InChI=1S/C19H22N6O2/c1-3-25-12-7-15(22-25)17(26)24-11-4-8-19(2,13-24)18-21-16(27-23-18)14-5-9-20-10-6-14/h5-7,9-10,12H,3-4,8,11,13H2,1-2H3. The summed E-state index contributed by atoms with van der Waals surface area (Å²) in [5.41, 5.74) is 0.962. The molecule has 8 heteroatoms. The SMILES string of the molecule is CCn1ccc(C(=O)N2CCCC(C)(c3noc(-c4ccncc4)n3)C2)n1. The van der Waals surface area contributed by atoms with Crippen molar-refractivity contribution in [3.8, 4) is 11.5 Å². The Kier molecular flexibility index (Phi) is 4.47. The molecule has 1 saturated heterocycles. The van der Waals surface area contributed by atoms with Gasteiger partial charge in [-0.15, -0.1) is 0 Å². The highest BCUT2D eigenvalue weighted by molar-refractivity contribution is 5.92. The zero-order valence-electron chi connectivity index (χ0n) is 15.5. The molecule has 8 nitrogen and oxygen atoms in total. The van der Waals surface area contributed by atoms with Gasteiger partial charge in [-0.3, -0.25) is 14.5 Å². The zero-order chi connectivity index (χ0) is 18.9. The van der Waals surface area contributed by atoms with Crippen molar-refractivity contribution in [2.75, 3.05) is 13.1 Å². The first kappa shape index (κ1) is 17.4. The van der Waals surface area contributed by atoms with Crippen LogP contribution in [0.4, 0.5) is 0 Å². The molecule has 4 heterocycles. The summed E-state index contributed by atoms with van der Waals surface area (Å²) >= 11 is 0. The van der Waals surface area contributed by atoms with Crippen molar-refractivity contribution in [1.29, 1.82) is 0 Å².